The zero-order valence-corrected chi connectivity index (χ0v) is 16.4. The molecule has 1 aromatic heterocycles. The first-order valence-corrected chi connectivity index (χ1v) is 9.88. The molecule has 1 saturated carbocycles. The fourth-order valence-corrected chi connectivity index (χ4v) is 5.19. The second-order valence-electron chi connectivity index (χ2n) is 7.84. The summed E-state index contributed by atoms with van der Waals surface area (Å²) >= 11 is 0. The standard InChI is InChI=1S/C24H21F2NO3/c1-29-19-13-27-14-20-21(19)23(28)12-11-18(15-5-3-2-4-6-15)24(23,30-20)17-9-7-16(8-10-17)22(25)26/h2-10,13-14,18,22,28H,11-12H2,1H3. The Morgan fingerprint density at radius 3 is 2.50 bits per heavy atom. The number of rotatable bonds is 4. The third-order valence-electron chi connectivity index (χ3n) is 6.47. The Labute approximate surface area is 173 Å². The number of halogens is 2. The van der Waals surface area contributed by atoms with Gasteiger partial charge in [0.25, 0.3) is 6.43 Å². The monoisotopic (exact) mass is 409 g/mol. The number of aliphatic hydroxyl groups is 1. The van der Waals surface area contributed by atoms with Crippen molar-refractivity contribution in [2.24, 2.45) is 0 Å². The normalized spacial score (nSPS) is 26.9. The Morgan fingerprint density at radius 2 is 1.83 bits per heavy atom. The summed E-state index contributed by atoms with van der Waals surface area (Å²) < 4.78 is 38.4. The molecule has 30 heavy (non-hydrogen) atoms. The summed E-state index contributed by atoms with van der Waals surface area (Å²) in [5, 5.41) is 12.1. The minimum atomic E-state index is -2.56. The van der Waals surface area contributed by atoms with Gasteiger partial charge in [-0.1, -0.05) is 54.6 Å². The quantitative estimate of drug-likeness (QED) is 0.653. The average molecular weight is 409 g/mol. The maximum Gasteiger partial charge on any atom is 0.263 e. The molecular formula is C24H21F2NO3. The van der Waals surface area contributed by atoms with E-state index in [9.17, 15) is 13.9 Å². The van der Waals surface area contributed by atoms with Crippen molar-refractivity contribution >= 4 is 0 Å². The van der Waals surface area contributed by atoms with Gasteiger partial charge in [0, 0.05) is 11.5 Å². The van der Waals surface area contributed by atoms with E-state index in [1.54, 1.807) is 24.5 Å². The van der Waals surface area contributed by atoms with E-state index in [2.05, 4.69) is 4.98 Å². The molecule has 3 atom stereocenters. The van der Waals surface area contributed by atoms with E-state index in [1.807, 2.05) is 30.3 Å². The topological polar surface area (TPSA) is 51.6 Å². The minimum Gasteiger partial charge on any atom is -0.495 e. The van der Waals surface area contributed by atoms with Crippen molar-refractivity contribution in [1.82, 2.24) is 4.98 Å². The first-order valence-electron chi connectivity index (χ1n) is 9.88. The predicted octanol–water partition coefficient (Wildman–Crippen LogP) is 5.08. The molecule has 5 rings (SSSR count). The van der Waals surface area contributed by atoms with E-state index in [0.717, 1.165) is 5.56 Å². The van der Waals surface area contributed by atoms with Crippen molar-refractivity contribution < 1.29 is 23.4 Å². The number of pyridine rings is 1. The van der Waals surface area contributed by atoms with Gasteiger partial charge in [-0.05, 0) is 24.0 Å². The molecule has 1 aliphatic carbocycles. The summed E-state index contributed by atoms with van der Waals surface area (Å²) in [6.45, 7) is 0. The SMILES string of the molecule is COc1cncc2c1C1(O)CCC(c3ccccc3)C1(c1ccc(C(F)F)cc1)O2. The first-order chi connectivity index (χ1) is 14.5. The molecule has 1 aliphatic heterocycles. The summed E-state index contributed by atoms with van der Waals surface area (Å²) in [6.07, 6.45) is 1.69. The lowest BCUT2D eigenvalue weighted by Crippen LogP contribution is -2.48. The Hall–Kier alpha value is -2.99. The number of alkyl halides is 2. The first kappa shape index (κ1) is 19.0. The molecule has 2 aromatic carbocycles. The maximum atomic E-state index is 13.2. The number of aromatic nitrogens is 1. The number of fused-ring (bicyclic) bond motifs is 3. The fourth-order valence-electron chi connectivity index (χ4n) is 5.19. The zero-order chi connectivity index (χ0) is 20.9. The number of hydrogen-bond acceptors (Lipinski definition) is 4. The number of methoxy groups -OCH3 is 1. The third kappa shape index (κ3) is 2.43. The second-order valence-corrected chi connectivity index (χ2v) is 7.84. The highest BCUT2D eigenvalue weighted by Gasteiger charge is 2.69. The van der Waals surface area contributed by atoms with Crippen molar-refractivity contribution in [2.75, 3.05) is 7.11 Å². The lowest BCUT2D eigenvalue weighted by Gasteiger charge is -2.40. The van der Waals surface area contributed by atoms with E-state index in [1.165, 1.54) is 19.2 Å². The second kappa shape index (κ2) is 6.77. The van der Waals surface area contributed by atoms with Crippen LogP contribution in [0.1, 0.15) is 47.4 Å². The number of benzene rings is 2. The molecule has 154 valence electrons. The third-order valence-corrected chi connectivity index (χ3v) is 6.47. The molecule has 0 bridgehead atoms. The van der Waals surface area contributed by atoms with Crippen LogP contribution in [0.4, 0.5) is 8.78 Å². The highest BCUT2D eigenvalue weighted by Crippen LogP contribution is 2.67. The van der Waals surface area contributed by atoms with Crippen LogP contribution < -0.4 is 9.47 Å². The Balaban J connectivity index is 1.75. The molecule has 0 radical (unpaired) electrons. The van der Waals surface area contributed by atoms with E-state index >= 15 is 0 Å². The van der Waals surface area contributed by atoms with Crippen LogP contribution in [0, 0.1) is 0 Å². The summed E-state index contributed by atoms with van der Waals surface area (Å²) in [4.78, 5) is 4.19. The molecule has 4 nitrogen and oxygen atoms in total. The molecule has 6 heteroatoms. The summed E-state index contributed by atoms with van der Waals surface area (Å²) in [6, 6.07) is 15.9. The Kier molecular flexibility index (Phi) is 4.29. The van der Waals surface area contributed by atoms with Gasteiger partial charge >= 0.3 is 0 Å². The predicted molar refractivity (Wildman–Crippen MR) is 107 cm³/mol. The van der Waals surface area contributed by atoms with Crippen molar-refractivity contribution in [2.45, 2.75) is 36.4 Å². The maximum absolute atomic E-state index is 13.2. The van der Waals surface area contributed by atoms with Crippen molar-refractivity contribution in [1.29, 1.82) is 0 Å². The van der Waals surface area contributed by atoms with Crippen LogP contribution in [0.3, 0.4) is 0 Å². The molecule has 1 N–H and O–H groups in total. The summed E-state index contributed by atoms with van der Waals surface area (Å²) in [5.74, 6) is 0.725. The minimum absolute atomic E-state index is 0.0669. The highest BCUT2D eigenvalue weighted by molar-refractivity contribution is 5.57. The fraction of sp³-hybridized carbons (Fsp3) is 0.292. The van der Waals surface area contributed by atoms with Gasteiger partial charge in [-0.3, -0.25) is 4.98 Å². The molecule has 3 unspecified atom stereocenters. The molecule has 2 heterocycles. The largest absolute Gasteiger partial charge is 0.495 e. The van der Waals surface area contributed by atoms with Crippen LogP contribution >= 0.6 is 0 Å². The number of hydrogen-bond donors (Lipinski definition) is 1. The van der Waals surface area contributed by atoms with Crippen LogP contribution in [-0.4, -0.2) is 17.2 Å². The van der Waals surface area contributed by atoms with Gasteiger partial charge in [0.2, 0.25) is 0 Å². The van der Waals surface area contributed by atoms with Gasteiger partial charge in [-0.15, -0.1) is 0 Å². The van der Waals surface area contributed by atoms with Crippen LogP contribution in [0.15, 0.2) is 67.0 Å². The number of nitrogens with zero attached hydrogens (tertiary/aromatic N) is 1. The molecule has 0 saturated heterocycles. The van der Waals surface area contributed by atoms with Crippen molar-refractivity contribution in [3.63, 3.8) is 0 Å². The van der Waals surface area contributed by atoms with Gasteiger partial charge in [-0.25, -0.2) is 8.78 Å². The molecule has 0 spiro atoms. The van der Waals surface area contributed by atoms with Gasteiger partial charge < -0.3 is 14.6 Å². The molecule has 2 aliphatic rings. The lowest BCUT2D eigenvalue weighted by atomic mass is 9.71. The Morgan fingerprint density at radius 1 is 1.10 bits per heavy atom. The van der Waals surface area contributed by atoms with Crippen molar-refractivity contribution in [3.05, 3.63) is 89.2 Å². The number of ether oxygens (including phenoxy) is 2. The van der Waals surface area contributed by atoms with Crippen molar-refractivity contribution in [3.8, 4) is 11.5 Å². The van der Waals surface area contributed by atoms with Gasteiger partial charge in [0.05, 0.1) is 25.1 Å². The van der Waals surface area contributed by atoms with Crippen LogP contribution in [0.25, 0.3) is 0 Å². The molecule has 3 aromatic rings. The van der Waals surface area contributed by atoms with E-state index < -0.39 is 17.6 Å². The summed E-state index contributed by atoms with van der Waals surface area (Å²) in [5.41, 5.74) is -0.388. The smallest absolute Gasteiger partial charge is 0.263 e. The van der Waals surface area contributed by atoms with Crippen LogP contribution in [0.5, 0.6) is 11.5 Å². The lowest BCUT2D eigenvalue weighted by molar-refractivity contribution is -0.106. The average Bonchev–Trinajstić information content (AvgIpc) is 3.21. The van der Waals surface area contributed by atoms with E-state index in [4.69, 9.17) is 9.47 Å². The van der Waals surface area contributed by atoms with E-state index in [-0.39, 0.29) is 11.5 Å². The van der Waals surface area contributed by atoms with E-state index in [0.29, 0.717) is 35.5 Å². The highest BCUT2D eigenvalue weighted by atomic mass is 19.3. The van der Waals surface area contributed by atoms with Crippen LogP contribution in [0.2, 0.25) is 0 Å². The molecule has 1 fully saturated rings. The zero-order valence-electron chi connectivity index (χ0n) is 16.4. The Bertz CT molecular complexity index is 1070. The molecular weight excluding hydrogens is 388 g/mol. The molecule has 0 amide bonds. The van der Waals surface area contributed by atoms with Gasteiger partial charge in [0.15, 0.2) is 5.60 Å². The summed E-state index contributed by atoms with van der Waals surface area (Å²) in [7, 11) is 1.53. The van der Waals surface area contributed by atoms with Gasteiger partial charge in [0.1, 0.15) is 17.1 Å². The van der Waals surface area contributed by atoms with Gasteiger partial charge in [-0.2, -0.15) is 0 Å². The van der Waals surface area contributed by atoms with Crippen LogP contribution in [-0.2, 0) is 11.2 Å².